The van der Waals surface area contributed by atoms with Crippen molar-refractivity contribution in [1.82, 2.24) is 0 Å². The normalized spacial score (nSPS) is 10.5. The maximum atomic E-state index is 10.8. The SMILES string of the molecule is COC(=O)/C=C/c1ccc(CCN)cc1. The second-order valence-electron chi connectivity index (χ2n) is 3.14. The Morgan fingerprint density at radius 2 is 2.07 bits per heavy atom. The second kappa shape index (κ2) is 5.98. The summed E-state index contributed by atoms with van der Waals surface area (Å²) < 4.78 is 4.49. The summed E-state index contributed by atoms with van der Waals surface area (Å²) >= 11 is 0. The lowest BCUT2D eigenvalue weighted by molar-refractivity contribution is -0.134. The third kappa shape index (κ3) is 3.95. The van der Waals surface area contributed by atoms with E-state index in [0.717, 1.165) is 12.0 Å². The van der Waals surface area contributed by atoms with Gasteiger partial charge in [-0.05, 0) is 30.2 Å². The van der Waals surface area contributed by atoms with Crippen LogP contribution in [0.2, 0.25) is 0 Å². The van der Waals surface area contributed by atoms with E-state index in [0.29, 0.717) is 6.54 Å². The minimum Gasteiger partial charge on any atom is -0.466 e. The van der Waals surface area contributed by atoms with Crippen LogP contribution < -0.4 is 5.73 Å². The fraction of sp³-hybridized carbons (Fsp3) is 0.250. The highest BCUT2D eigenvalue weighted by Crippen LogP contribution is 2.06. The number of benzene rings is 1. The topological polar surface area (TPSA) is 52.3 Å². The number of rotatable bonds is 4. The number of methoxy groups -OCH3 is 1. The van der Waals surface area contributed by atoms with E-state index in [4.69, 9.17) is 5.73 Å². The Labute approximate surface area is 89.5 Å². The van der Waals surface area contributed by atoms with Gasteiger partial charge in [-0.25, -0.2) is 4.79 Å². The van der Waals surface area contributed by atoms with Gasteiger partial charge in [-0.15, -0.1) is 0 Å². The number of carbonyl (C=O) groups is 1. The average Bonchev–Trinajstić information content (AvgIpc) is 2.28. The molecule has 3 nitrogen and oxygen atoms in total. The van der Waals surface area contributed by atoms with Gasteiger partial charge in [-0.1, -0.05) is 24.3 Å². The van der Waals surface area contributed by atoms with Crippen LogP contribution in [-0.4, -0.2) is 19.6 Å². The van der Waals surface area contributed by atoms with Gasteiger partial charge in [0.1, 0.15) is 0 Å². The predicted molar refractivity (Wildman–Crippen MR) is 60.3 cm³/mol. The summed E-state index contributed by atoms with van der Waals surface area (Å²) in [6, 6.07) is 7.91. The Kier molecular flexibility index (Phi) is 4.57. The molecule has 0 atom stereocenters. The number of nitrogens with two attached hydrogens (primary N) is 1. The molecule has 0 bridgehead atoms. The van der Waals surface area contributed by atoms with Crippen molar-refractivity contribution in [2.24, 2.45) is 5.73 Å². The van der Waals surface area contributed by atoms with Crippen molar-refractivity contribution in [1.29, 1.82) is 0 Å². The Bertz CT molecular complexity index is 341. The number of carbonyl (C=O) groups excluding carboxylic acids is 1. The molecule has 0 unspecified atom stereocenters. The van der Waals surface area contributed by atoms with Crippen molar-refractivity contribution >= 4 is 12.0 Å². The van der Waals surface area contributed by atoms with Crippen molar-refractivity contribution in [2.45, 2.75) is 6.42 Å². The number of esters is 1. The Hall–Kier alpha value is -1.61. The van der Waals surface area contributed by atoms with Crippen LogP contribution in [0.1, 0.15) is 11.1 Å². The molecule has 0 aromatic heterocycles. The smallest absolute Gasteiger partial charge is 0.330 e. The molecule has 1 aromatic rings. The fourth-order valence-corrected chi connectivity index (χ4v) is 1.19. The molecule has 80 valence electrons. The molecule has 0 saturated heterocycles. The Morgan fingerprint density at radius 1 is 1.40 bits per heavy atom. The molecule has 0 amide bonds. The van der Waals surface area contributed by atoms with Gasteiger partial charge in [0.25, 0.3) is 0 Å². The van der Waals surface area contributed by atoms with E-state index in [9.17, 15) is 4.79 Å². The number of ether oxygens (including phenoxy) is 1. The zero-order valence-corrected chi connectivity index (χ0v) is 8.77. The summed E-state index contributed by atoms with van der Waals surface area (Å²) in [4.78, 5) is 10.8. The Balaban J connectivity index is 2.64. The van der Waals surface area contributed by atoms with E-state index in [1.165, 1.54) is 18.7 Å². The molecule has 0 heterocycles. The van der Waals surface area contributed by atoms with Crippen molar-refractivity contribution in [2.75, 3.05) is 13.7 Å². The van der Waals surface area contributed by atoms with Gasteiger partial charge >= 0.3 is 5.97 Å². The van der Waals surface area contributed by atoms with Crippen molar-refractivity contribution in [3.05, 3.63) is 41.5 Å². The van der Waals surface area contributed by atoms with Gasteiger partial charge in [-0.2, -0.15) is 0 Å². The van der Waals surface area contributed by atoms with Crippen LogP contribution in [0, 0.1) is 0 Å². The van der Waals surface area contributed by atoms with E-state index in [-0.39, 0.29) is 5.97 Å². The molecule has 0 spiro atoms. The average molecular weight is 205 g/mol. The molecule has 15 heavy (non-hydrogen) atoms. The van der Waals surface area contributed by atoms with Crippen molar-refractivity contribution < 1.29 is 9.53 Å². The number of hydrogen-bond donors (Lipinski definition) is 1. The summed E-state index contributed by atoms with van der Waals surface area (Å²) in [7, 11) is 1.36. The molecule has 1 aromatic carbocycles. The van der Waals surface area contributed by atoms with E-state index < -0.39 is 0 Å². The van der Waals surface area contributed by atoms with Crippen molar-refractivity contribution in [3.63, 3.8) is 0 Å². The largest absolute Gasteiger partial charge is 0.466 e. The van der Waals surface area contributed by atoms with Crippen LogP contribution in [0.3, 0.4) is 0 Å². The van der Waals surface area contributed by atoms with Gasteiger partial charge < -0.3 is 10.5 Å². The van der Waals surface area contributed by atoms with E-state index >= 15 is 0 Å². The monoisotopic (exact) mass is 205 g/mol. The van der Waals surface area contributed by atoms with Crippen LogP contribution in [0.15, 0.2) is 30.3 Å². The minimum absolute atomic E-state index is 0.346. The van der Waals surface area contributed by atoms with Gasteiger partial charge in [0, 0.05) is 6.08 Å². The fourth-order valence-electron chi connectivity index (χ4n) is 1.19. The van der Waals surface area contributed by atoms with Crippen LogP contribution in [0.5, 0.6) is 0 Å². The molecular formula is C12H15NO2. The highest BCUT2D eigenvalue weighted by molar-refractivity contribution is 5.86. The molecule has 2 N–H and O–H groups in total. The highest BCUT2D eigenvalue weighted by Gasteiger charge is 1.93. The zero-order valence-electron chi connectivity index (χ0n) is 8.77. The van der Waals surface area contributed by atoms with Gasteiger partial charge in [0.15, 0.2) is 0 Å². The van der Waals surface area contributed by atoms with Crippen molar-refractivity contribution in [3.8, 4) is 0 Å². The summed E-state index contributed by atoms with van der Waals surface area (Å²) in [6.07, 6.45) is 4.00. The van der Waals surface area contributed by atoms with E-state index in [2.05, 4.69) is 4.74 Å². The lowest BCUT2D eigenvalue weighted by atomic mass is 10.1. The molecule has 0 aliphatic carbocycles. The first kappa shape index (κ1) is 11.5. The summed E-state index contributed by atoms with van der Waals surface area (Å²) in [5.74, 6) is -0.346. The lowest BCUT2D eigenvalue weighted by Gasteiger charge is -1.98. The van der Waals surface area contributed by atoms with Gasteiger partial charge in [0.2, 0.25) is 0 Å². The molecule has 0 aliphatic heterocycles. The predicted octanol–water partition coefficient (Wildman–Crippen LogP) is 1.37. The van der Waals surface area contributed by atoms with Crippen LogP contribution in [0.4, 0.5) is 0 Å². The molecule has 0 fully saturated rings. The quantitative estimate of drug-likeness (QED) is 0.596. The molecule has 0 aliphatic rings. The number of hydrogen-bond acceptors (Lipinski definition) is 3. The first-order valence-electron chi connectivity index (χ1n) is 4.81. The molecule has 3 heteroatoms. The molecular weight excluding hydrogens is 190 g/mol. The third-order valence-electron chi connectivity index (χ3n) is 2.03. The second-order valence-corrected chi connectivity index (χ2v) is 3.14. The van der Waals surface area contributed by atoms with E-state index in [1.807, 2.05) is 24.3 Å². The molecule has 0 radical (unpaired) electrons. The summed E-state index contributed by atoms with van der Waals surface area (Å²) in [5, 5.41) is 0. The molecule has 1 rings (SSSR count). The summed E-state index contributed by atoms with van der Waals surface area (Å²) in [6.45, 7) is 0.650. The molecule has 0 saturated carbocycles. The Morgan fingerprint density at radius 3 is 2.60 bits per heavy atom. The maximum absolute atomic E-state index is 10.8. The van der Waals surface area contributed by atoms with Gasteiger partial charge in [0.05, 0.1) is 7.11 Å². The minimum atomic E-state index is -0.346. The standard InChI is InChI=1S/C12H15NO2/c1-15-12(14)7-6-10-2-4-11(5-3-10)8-9-13/h2-7H,8-9,13H2,1H3/b7-6+. The first-order valence-corrected chi connectivity index (χ1v) is 4.81. The van der Waals surface area contributed by atoms with Gasteiger partial charge in [-0.3, -0.25) is 0 Å². The highest BCUT2D eigenvalue weighted by atomic mass is 16.5. The first-order chi connectivity index (χ1) is 7.26. The van der Waals surface area contributed by atoms with E-state index in [1.54, 1.807) is 6.08 Å². The third-order valence-corrected chi connectivity index (χ3v) is 2.03. The zero-order chi connectivity index (χ0) is 11.1. The van der Waals surface area contributed by atoms with Crippen LogP contribution in [0.25, 0.3) is 6.08 Å². The van der Waals surface area contributed by atoms with Crippen LogP contribution in [-0.2, 0) is 16.0 Å². The lowest BCUT2D eigenvalue weighted by Crippen LogP contribution is -2.02. The maximum Gasteiger partial charge on any atom is 0.330 e. The summed E-state index contributed by atoms with van der Waals surface area (Å²) in [5.41, 5.74) is 7.61. The van der Waals surface area contributed by atoms with Crippen LogP contribution >= 0.6 is 0 Å².